The highest BCUT2D eigenvalue weighted by molar-refractivity contribution is 5.63. The lowest BCUT2D eigenvalue weighted by molar-refractivity contribution is -0.112. The highest BCUT2D eigenvalue weighted by atomic mass is 16.5. The molecular weight excluding hydrogens is 446 g/mol. The number of aldehydes is 2. The molecule has 0 unspecified atom stereocenters. The monoisotopic (exact) mass is 499 g/mol. The van der Waals surface area contributed by atoms with Crippen molar-refractivity contribution in [3.8, 4) is 5.75 Å². The molecule has 2 fully saturated rings. The third kappa shape index (κ3) is 14.0. The molecule has 0 heterocycles. The summed E-state index contributed by atoms with van der Waals surface area (Å²) in [4.78, 5) is 22.1. The number of benzene rings is 1. The Morgan fingerprint density at radius 1 is 0.917 bits per heavy atom. The number of allylic oxidation sites excluding steroid dienone is 1. The van der Waals surface area contributed by atoms with Crippen molar-refractivity contribution < 1.29 is 14.3 Å². The van der Waals surface area contributed by atoms with Crippen molar-refractivity contribution in [1.82, 2.24) is 4.90 Å². The van der Waals surface area contributed by atoms with E-state index < -0.39 is 0 Å². The molecule has 0 saturated heterocycles. The molecular formula is C32H53NO3. The van der Waals surface area contributed by atoms with Crippen LogP contribution in [-0.4, -0.2) is 45.2 Å². The predicted octanol–water partition coefficient (Wildman–Crippen LogP) is 7.55. The first-order valence-corrected chi connectivity index (χ1v) is 14.3. The van der Waals surface area contributed by atoms with Gasteiger partial charge in [0.2, 0.25) is 0 Å². The first-order chi connectivity index (χ1) is 17.5. The second-order valence-electron chi connectivity index (χ2n) is 10.9. The Balaban J connectivity index is 0.000000330. The van der Waals surface area contributed by atoms with Gasteiger partial charge in [-0.25, -0.2) is 0 Å². The van der Waals surface area contributed by atoms with Crippen molar-refractivity contribution in [2.24, 2.45) is 23.7 Å². The Hall–Kier alpha value is -1.94. The van der Waals surface area contributed by atoms with Gasteiger partial charge in [-0.15, -0.1) is 0 Å². The molecule has 4 nitrogen and oxygen atoms in total. The number of hydrogen-bond acceptors (Lipinski definition) is 4. The fourth-order valence-electron chi connectivity index (χ4n) is 5.53. The molecule has 0 aromatic heterocycles. The Morgan fingerprint density at radius 3 is 1.92 bits per heavy atom. The molecule has 0 N–H and O–H groups in total. The number of hydrogen-bond donors (Lipinski definition) is 0. The molecule has 0 amide bonds. The molecule has 3 rings (SSSR count). The lowest BCUT2D eigenvalue weighted by Gasteiger charge is -2.37. The summed E-state index contributed by atoms with van der Waals surface area (Å²) in [5.41, 5.74) is 1.36. The van der Waals surface area contributed by atoms with Crippen LogP contribution in [0.2, 0.25) is 0 Å². The lowest BCUT2D eigenvalue weighted by atomic mass is 9.69. The van der Waals surface area contributed by atoms with Crippen molar-refractivity contribution in [2.75, 3.05) is 27.7 Å². The summed E-state index contributed by atoms with van der Waals surface area (Å²) in [6.45, 7) is 6.50. The van der Waals surface area contributed by atoms with Crippen LogP contribution in [0.15, 0.2) is 36.9 Å². The molecule has 204 valence electrons. The number of rotatable bonds is 11. The van der Waals surface area contributed by atoms with E-state index in [0.29, 0.717) is 12.2 Å². The minimum Gasteiger partial charge on any atom is -0.497 e. The van der Waals surface area contributed by atoms with E-state index in [0.717, 1.165) is 36.5 Å². The van der Waals surface area contributed by atoms with E-state index in [-0.39, 0.29) is 0 Å². The zero-order valence-corrected chi connectivity index (χ0v) is 23.6. The van der Waals surface area contributed by atoms with Crippen LogP contribution < -0.4 is 4.74 Å². The van der Waals surface area contributed by atoms with Gasteiger partial charge in [-0.3, -0.25) is 4.79 Å². The first-order valence-electron chi connectivity index (χ1n) is 14.3. The zero-order chi connectivity index (χ0) is 26.6. The van der Waals surface area contributed by atoms with Crippen molar-refractivity contribution in [1.29, 1.82) is 0 Å². The maximum Gasteiger partial charge on any atom is 0.142 e. The molecule has 4 heteroatoms. The van der Waals surface area contributed by atoms with Gasteiger partial charge in [-0.2, -0.15) is 0 Å². The van der Waals surface area contributed by atoms with Gasteiger partial charge in [-0.05, 0) is 101 Å². The molecule has 0 radical (unpaired) electrons. The largest absolute Gasteiger partial charge is 0.497 e. The Kier molecular flexibility index (Phi) is 18.0. The van der Waals surface area contributed by atoms with Gasteiger partial charge < -0.3 is 14.4 Å². The van der Waals surface area contributed by atoms with Gasteiger partial charge in [0.15, 0.2) is 0 Å². The standard InChI is InChI=1S/C18H32O.C11H17NO.C3H4O/c1-2-3-4-5-15-6-10-17(11-7-15)18-12-8-16(14-19)9-13-18;1-12(2)9-8-10-4-6-11(13-3)7-5-10;1-2-3-4/h14-18H,2-13H2,1H3;4-7H,8-9H2,1-3H3;2-3H,1H2. The smallest absolute Gasteiger partial charge is 0.142 e. The van der Waals surface area contributed by atoms with Crippen LogP contribution in [0.25, 0.3) is 0 Å². The van der Waals surface area contributed by atoms with Crippen LogP contribution in [0.5, 0.6) is 5.75 Å². The second kappa shape index (κ2) is 20.2. The molecule has 1 aromatic carbocycles. The van der Waals surface area contributed by atoms with Gasteiger partial charge >= 0.3 is 0 Å². The molecule has 0 aliphatic heterocycles. The highest BCUT2D eigenvalue weighted by Gasteiger charge is 2.30. The lowest BCUT2D eigenvalue weighted by Crippen LogP contribution is -2.26. The number of likely N-dealkylation sites (N-methyl/N-ethyl adjacent to an activating group) is 1. The van der Waals surface area contributed by atoms with Gasteiger partial charge in [0.1, 0.15) is 18.3 Å². The summed E-state index contributed by atoms with van der Waals surface area (Å²) in [6, 6.07) is 8.24. The minimum absolute atomic E-state index is 0.390. The Bertz CT molecular complexity index is 678. The highest BCUT2D eigenvalue weighted by Crippen LogP contribution is 2.41. The van der Waals surface area contributed by atoms with E-state index >= 15 is 0 Å². The molecule has 2 aliphatic carbocycles. The number of methoxy groups -OCH3 is 1. The quantitative estimate of drug-likeness (QED) is 0.179. The summed E-state index contributed by atoms with van der Waals surface area (Å²) >= 11 is 0. The molecule has 0 spiro atoms. The average molecular weight is 500 g/mol. The predicted molar refractivity (Wildman–Crippen MR) is 153 cm³/mol. The van der Waals surface area contributed by atoms with Crippen molar-refractivity contribution in [3.05, 3.63) is 42.5 Å². The van der Waals surface area contributed by atoms with Crippen LogP contribution in [0.1, 0.15) is 89.5 Å². The summed E-state index contributed by atoms with van der Waals surface area (Å²) in [5, 5.41) is 0. The Labute approximate surface area is 221 Å². The van der Waals surface area contributed by atoms with Crippen LogP contribution in [0, 0.1) is 23.7 Å². The number of ether oxygens (including phenoxy) is 1. The number of carbonyl (C=O) groups excluding carboxylic acids is 2. The fraction of sp³-hybridized carbons (Fsp3) is 0.688. The fourth-order valence-corrected chi connectivity index (χ4v) is 5.53. The SMILES string of the molecule is C=CC=O.CCCCCC1CCC(C2CCC(C=O)CC2)CC1.COc1ccc(CCN(C)C)cc1. The van der Waals surface area contributed by atoms with Crippen molar-refractivity contribution >= 4 is 12.6 Å². The molecule has 0 bridgehead atoms. The summed E-state index contributed by atoms with van der Waals surface area (Å²) in [6.07, 6.45) is 20.8. The molecule has 1 aromatic rings. The molecule has 2 aliphatic rings. The molecule has 0 atom stereocenters. The van der Waals surface area contributed by atoms with Crippen molar-refractivity contribution in [3.63, 3.8) is 0 Å². The molecule has 2 saturated carbocycles. The number of nitrogens with zero attached hydrogens (tertiary/aromatic N) is 1. The van der Waals surface area contributed by atoms with E-state index in [1.807, 2.05) is 12.1 Å². The van der Waals surface area contributed by atoms with E-state index in [2.05, 4.69) is 44.6 Å². The number of unbranched alkanes of at least 4 members (excludes halogenated alkanes) is 2. The van der Waals surface area contributed by atoms with Gasteiger partial charge in [0.05, 0.1) is 7.11 Å². The van der Waals surface area contributed by atoms with Crippen LogP contribution >= 0.6 is 0 Å². The van der Waals surface area contributed by atoms with E-state index in [1.54, 1.807) is 7.11 Å². The molecule has 36 heavy (non-hydrogen) atoms. The topological polar surface area (TPSA) is 46.6 Å². The maximum atomic E-state index is 10.8. The summed E-state index contributed by atoms with van der Waals surface area (Å²) < 4.78 is 5.08. The number of carbonyl (C=O) groups is 2. The van der Waals surface area contributed by atoms with Gasteiger partial charge in [0, 0.05) is 12.5 Å². The second-order valence-corrected chi connectivity index (χ2v) is 10.9. The summed E-state index contributed by atoms with van der Waals surface area (Å²) in [5.74, 6) is 4.30. The third-order valence-electron chi connectivity index (χ3n) is 7.89. The van der Waals surface area contributed by atoms with E-state index in [4.69, 9.17) is 9.53 Å². The van der Waals surface area contributed by atoms with Crippen LogP contribution in [0.4, 0.5) is 0 Å². The third-order valence-corrected chi connectivity index (χ3v) is 7.89. The van der Waals surface area contributed by atoms with E-state index in [1.165, 1.54) is 95.0 Å². The minimum atomic E-state index is 0.390. The first kappa shape index (κ1) is 32.1. The van der Waals surface area contributed by atoms with Crippen LogP contribution in [0.3, 0.4) is 0 Å². The Morgan fingerprint density at radius 2 is 1.47 bits per heavy atom. The van der Waals surface area contributed by atoms with Crippen LogP contribution in [-0.2, 0) is 16.0 Å². The summed E-state index contributed by atoms with van der Waals surface area (Å²) in [7, 11) is 5.86. The normalized spacial score (nSPS) is 23.4. The average Bonchev–Trinajstić information content (AvgIpc) is 2.93. The van der Waals surface area contributed by atoms with E-state index in [9.17, 15) is 4.79 Å². The maximum absolute atomic E-state index is 10.8. The van der Waals surface area contributed by atoms with Gasteiger partial charge in [-0.1, -0.05) is 64.2 Å². The zero-order valence-electron chi connectivity index (χ0n) is 23.6. The van der Waals surface area contributed by atoms with Crippen molar-refractivity contribution in [2.45, 2.75) is 90.4 Å². The van der Waals surface area contributed by atoms with Gasteiger partial charge in [0.25, 0.3) is 0 Å².